The summed E-state index contributed by atoms with van der Waals surface area (Å²) in [6.07, 6.45) is 14.7. The third kappa shape index (κ3) is 3.38. The van der Waals surface area contributed by atoms with Crippen LogP contribution in [0.25, 0.3) is 55.0 Å². The van der Waals surface area contributed by atoms with Crippen LogP contribution in [0.2, 0.25) is 0 Å². The normalized spacial score (nSPS) is 18.8. The molecular weight excluding hydrogens is 468 g/mol. The molecule has 182 valence electrons. The van der Waals surface area contributed by atoms with Crippen LogP contribution < -0.4 is 10.6 Å². The minimum absolute atomic E-state index is 0.137. The van der Waals surface area contributed by atoms with Gasteiger partial charge in [0.25, 0.3) is 0 Å². The first-order chi connectivity index (χ1) is 18.8. The van der Waals surface area contributed by atoms with Crippen LogP contribution in [0.15, 0.2) is 136 Å². The zero-order valence-electron chi connectivity index (χ0n) is 20.5. The first-order valence-electron chi connectivity index (χ1n) is 12.9. The number of hydrogen-bond donors (Lipinski definition) is 2. The van der Waals surface area contributed by atoms with Crippen LogP contribution in [0, 0.1) is 0 Å². The van der Waals surface area contributed by atoms with E-state index >= 15 is 0 Å². The average Bonchev–Trinajstić information content (AvgIpc) is 3.53. The molecule has 8 rings (SSSR count). The van der Waals surface area contributed by atoms with Crippen molar-refractivity contribution < 1.29 is 8.83 Å². The van der Waals surface area contributed by atoms with E-state index in [1.807, 2.05) is 36.5 Å². The maximum absolute atomic E-state index is 6.21. The quantitative estimate of drug-likeness (QED) is 0.261. The number of benzene rings is 4. The van der Waals surface area contributed by atoms with Gasteiger partial charge >= 0.3 is 0 Å². The number of dihydropyridines is 2. The van der Waals surface area contributed by atoms with Gasteiger partial charge in [0.05, 0.1) is 12.1 Å². The Labute approximate surface area is 219 Å². The van der Waals surface area contributed by atoms with Gasteiger partial charge in [-0.05, 0) is 59.3 Å². The molecule has 4 nitrogen and oxygen atoms in total. The van der Waals surface area contributed by atoms with Gasteiger partial charge in [-0.25, -0.2) is 0 Å². The van der Waals surface area contributed by atoms with Gasteiger partial charge in [-0.3, -0.25) is 0 Å². The smallest absolute Gasteiger partial charge is 0.139 e. The molecule has 2 aromatic heterocycles. The third-order valence-electron chi connectivity index (χ3n) is 7.59. The number of rotatable bonds is 3. The molecule has 6 aromatic rings. The summed E-state index contributed by atoms with van der Waals surface area (Å²) in [5.41, 5.74) is 8.22. The topological polar surface area (TPSA) is 50.3 Å². The average molecular weight is 493 g/mol. The van der Waals surface area contributed by atoms with Gasteiger partial charge in [-0.1, -0.05) is 72.8 Å². The number of furan rings is 2. The highest BCUT2D eigenvalue weighted by Gasteiger charge is 2.18. The Morgan fingerprint density at radius 3 is 2.13 bits per heavy atom. The monoisotopic (exact) mass is 492 g/mol. The van der Waals surface area contributed by atoms with Crippen LogP contribution in [-0.2, 0) is 0 Å². The van der Waals surface area contributed by atoms with Crippen LogP contribution >= 0.6 is 0 Å². The van der Waals surface area contributed by atoms with Gasteiger partial charge < -0.3 is 19.5 Å². The number of nitrogens with one attached hydrogen (secondary N) is 2. The Morgan fingerprint density at radius 2 is 1.29 bits per heavy atom. The van der Waals surface area contributed by atoms with Crippen molar-refractivity contribution in [2.75, 3.05) is 0 Å². The second kappa shape index (κ2) is 8.29. The summed E-state index contributed by atoms with van der Waals surface area (Å²) in [6.45, 7) is 0. The standard InChI is InChI=1S/C34H24N2O2/c1-2-10-31-24(6-1)26-19-27-25-18-23(15-16-32(25)38-34(27)20-33(26)37-31)21-11-13-22(14-12-21)28-8-5-9-30(36-28)29-7-3-4-17-35-29/h1-20,28-29,35-36H. The predicted molar refractivity (Wildman–Crippen MR) is 155 cm³/mol. The van der Waals surface area contributed by atoms with Crippen molar-refractivity contribution in [3.05, 3.63) is 133 Å². The van der Waals surface area contributed by atoms with Gasteiger partial charge in [-0.2, -0.15) is 0 Å². The minimum atomic E-state index is 0.137. The molecule has 2 aliphatic rings. The fraction of sp³-hybridized carbons (Fsp3) is 0.0588. The third-order valence-corrected chi connectivity index (χ3v) is 7.59. The van der Waals surface area contributed by atoms with Crippen LogP contribution in [-0.4, -0.2) is 6.04 Å². The van der Waals surface area contributed by atoms with Crippen molar-refractivity contribution in [1.82, 2.24) is 10.6 Å². The Morgan fingerprint density at radius 1 is 0.553 bits per heavy atom. The molecule has 4 aromatic carbocycles. The van der Waals surface area contributed by atoms with Gasteiger partial charge in [-0.15, -0.1) is 0 Å². The number of fused-ring (bicyclic) bond motifs is 6. The summed E-state index contributed by atoms with van der Waals surface area (Å²) >= 11 is 0. The van der Waals surface area contributed by atoms with Crippen LogP contribution in [0.5, 0.6) is 0 Å². The Kier molecular flexibility index (Phi) is 4.61. The van der Waals surface area contributed by atoms with E-state index in [0.29, 0.717) is 0 Å². The second-order valence-electron chi connectivity index (χ2n) is 9.90. The summed E-state index contributed by atoms with van der Waals surface area (Å²) in [5, 5.41) is 11.5. The molecule has 0 fully saturated rings. The number of para-hydroxylation sites is 1. The van der Waals surface area contributed by atoms with E-state index in [1.165, 1.54) is 22.4 Å². The van der Waals surface area contributed by atoms with E-state index in [0.717, 1.165) is 43.9 Å². The fourth-order valence-corrected chi connectivity index (χ4v) is 5.63. The highest BCUT2D eigenvalue weighted by atomic mass is 16.3. The second-order valence-corrected chi connectivity index (χ2v) is 9.90. The lowest BCUT2D eigenvalue weighted by Crippen LogP contribution is -2.35. The van der Waals surface area contributed by atoms with Crippen molar-refractivity contribution in [2.45, 2.75) is 12.1 Å². The molecule has 38 heavy (non-hydrogen) atoms. The summed E-state index contributed by atoms with van der Waals surface area (Å²) in [5.74, 6) is 0. The SMILES string of the molecule is C1=CNC(C2=CC=CC(c3ccc(-c4ccc5oc6cc7oc8ccccc8c7cc6c5c4)cc3)N2)C=C1. The summed E-state index contributed by atoms with van der Waals surface area (Å²) in [7, 11) is 0. The van der Waals surface area contributed by atoms with E-state index in [9.17, 15) is 0 Å². The molecule has 0 amide bonds. The first kappa shape index (κ1) is 21.2. The van der Waals surface area contributed by atoms with E-state index in [4.69, 9.17) is 8.83 Å². The molecule has 0 spiro atoms. The number of allylic oxidation sites excluding steroid dienone is 4. The first-order valence-corrected chi connectivity index (χ1v) is 12.9. The lowest BCUT2D eigenvalue weighted by atomic mass is 9.97. The van der Waals surface area contributed by atoms with Crippen LogP contribution in [0.3, 0.4) is 0 Å². The zero-order chi connectivity index (χ0) is 25.1. The van der Waals surface area contributed by atoms with Crippen molar-refractivity contribution >= 4 is 43.9 Å². The molecule has 2 unspecified atom stereocenters. The molecule has 0 radical (unpaired) electrons. The van der Waals surface area contributed by atoms with Crippen LogP contribution in [0.1, 0.15) is 11.6 Å². The van der Waals surface area contributed by atoms with Crippen LogP contribution in [0.4, 0.5) is 0 Å². The molecule has 2 N–H and O–H groups in total. The molecule has 0 bridgehead atoms. The number of hydrogen-bond acceptors (Lipinski definition) is 4. The summed E-state index contributed by atoms with van der Waals surface area (Å²) < 4.78 is 12.3. The fourth-order valence-electron chi connectivity index (χ4n) is 5.63. The molecule has 0 aliphatic carbocycles. The van der Waals surface area contributed by atoms with Gasteiger partial charge in [0.1, 0.15) is 22.3 Å². The zero-order valence-corrected chi connectivity index (χ0v) is 20.5. The minimum Gasteiger partial charge on any atom is -0.456 e. The van der Waals surface area contributed by atoms with E-state index in [2.05, 4.69) is 95.6 Å². The Hall–Kier alpha value is -4.96. The Bertz CT molecular complexity index is 1980. The van der Waals surface area contributed by atoms with Crippen molar-refractivity contribution in [3.63, 3.8) is 0 Å². The lowest BCUT2D eigenvalue weighted by Gasteiger charge is -2.27. The molecule has 2 aliphatic heterocycles. The highest BCUT2D eigenvalue weighted by Crippen LogP contribution is 2.38. The maximum Gasteiger partial charge on any atom is 0.139 e. The van der Waals surface area contributed by atoms with E-state index < -0.39 is 0 Å². The molecular formula is C34H24N2O2. The molecule has 2 atom stereocenters. The van der Waals surface area contributed by atoms with E-state index in [1.54, 1.807) is 0 Å². The predicted octanol–water partition coefficient (Wildman–Crippen LogP) is 8.28. The molecule has 4 heterocycles. The van der Waals surface area contributed by atoms with E-state index in [-0.39, 0.29) is 12.1 Å². The molecule has 0 saturated carbocycles. The molecule has 4 heteroatoms. The van der Waals surface area contributed by atoms with Gasteiger partial charge in [0, 0.05) is 33.3 Å². The maximum atomic E-state index is 6.21. The summed E-state index contributed by atoms with van der Waals surface area (Å²) in [4.78, 5) is 0. The van der Waals surface area contributed by atoms with Gasteiger partial charge in [0.15, 0.2) is 0 Å². The van der Waals surface area contributed by atoms with Crippen molar-refractivity contribution in [2.24, 2.45) is 0 Å². The Balaban J connectivity index is 1.13. The summed E-state index contributed by atoms with van der Waals surface area (Å²) in [6, 6.07) is 28.0. The highest BCUT2D eigenvalue weighted by molar-refractivity contribution is 6.15. The lowest BCUT2D eigenvalue weighted by molar-refractivity contribution is 0.627. The van der Waals surface area contributed by atoms with Crippen molar-refractivity contribution in [1.29, 1.82) is 0 Å². The van der Waals surface area contributed by atoms with Crippen molar-refractivity contribution in [3.8, 4) is 11.1 Å². The largest absolute Gasteiger partial charge is 0.456 e. The molecule has 0 saturated heterocycles. The van der Waals surface area contributed by atoms with Gasteiger partial charge in [0.2, 0.25) is 0 Å².